The number of nitrogens with zero attached hydrogens (tertiary/aromatic N) is 2. The number of halogens is 5. The van der Waals surface area contributed by atoms with E-state index < -0.39 is 35.6 Å². The Morgan fingerprint density at radius 2 is 1.50 bits per heavy atom. The number of rotatable bonds is 6. The van der Waals surface area contributed by atoms with Crippen LogP contribution in [0.25, 0.3) is 11.1 Å². The second-order valence-electron chi connectivity index (χ2n) is 8.21. The zero-order chi connectivity index (χ0) is 23.7. The topological polar surface area (TPSA) is 46.9 Å². The SMILES string of the molecule is Cn1nc(Cc2ccc(F)cc2)c(-c2ccc(F)cc2)c1NC(=O)CC(C)(C)C(F)(F)F. The molecule has 0 aliphatic heterocycles. The van der Waals surface area contributed by atoms with Crippen LogP contribution in [-0.2, 0) is 18.3 Å². The molecule has 0 aliphatic carbocycles. The molecule has 0 radical (unpaired) electrons. The van der Waals surface area contributed by atoms with E-state index in [1.807, 2.05) is 0 Å². The predicted octanol–water partition coefficient (Wildman–Crippen LogP) is 5.87. The van der Waals surface area contributed by atoms with Gasteiger partial charge in [-0.1, -0.05) is 38.1 Å². The van der Waals surface area contributed by atoms with Crippen molar-refractivity contribution in [3.8, 4) is 11.1 Å². The molecule has 170 valence electrons. The molecule has 0 fully saturated rings. The summed E-state index contributed by atoms with van der Waals surface area (Å²) < 4.78 is 67.7. The Morgan fingerprint density at radius 1 is 0.969 bits per heavy atom. The Labute approximate surface area is 182 Å². The van der Waals surface area contributed by atoms with Gasteiger partial charge in [-0.05, 0) is 35.4 Å². The average molecular weight is 451 g/mol. The highest BCUT2D eigenvalue weighted by Crippen LogP contribution is 2.41. The Balaban J connectivity index is 1.99. The molecule has 3 aromatic rings. The van der Waals surface area contributed by atoms with Crippen LogP contribution in [0.2, 0.25) is 0 Å². The van der Waals surface area contributed by atoms with Crippen molar-refractivity contribution in [3.05, 3.63) is 71.4 Å². The third-order valence-corrected chi connectivity index (χ3v) is 5.17. The van der Waals surface area contributed by atoms with Gasteiger partial charge in [0.25, 0.3) is 0 Å². The lowest BCUT2D eigenvalue weighted by Gasteiger charge is -2.26. The summed E-state index contributed by atoms with van der Waals surface area (Å²) in [5.41, 5.74) is -0.000120. The lowest BCUT2D eigenvalue weighted by Crippen LogP contribution is -2.36. The predicted molar refractivity (Wildman–Crippen MR) is 111 cm³/mol. The Morgan fingerprint density at radius 3 is 2.03 bits per heavy atom. The number of nitrogens with one attached hydrogen (secondary N) is 1. The highest BCUT2D eigenvalue weighted by Gasteiger charge is 2.48. The van der Waals surface area contributed by atoms with Gasteiger partial charge in [-0.3, -0.25) is 9.48 Å². The van der Waals surface area contributed by atoms with Crippen molar-refractivity contribution in [3.63, 3.8) is 0 Å². The summed E-state index contributed by atoms with van der Waals surface area (Å²) in [6.45, 7) is 1.91. The van der Waals surface area contributed by atoms with Crippen molar-refractivity contribution < 1.29 is 26.7 Å². The van der Waals surface area contributed by atoms with Crippen LogP contribution in [0.3, 0.4) is 0 Å². The van der Waals surface area contributed by atoms with Crippen LogP contribution in [0, 0.1) is 17.0 Å². The maximum absolute atomic E-state index is 13.5. The van der Waals surface area contributed by atoms with Gasteiger partial charge >= 0.3 is 6.18 Å². The van der Waals surface area contributed by atoms with Crippen molar-refractivity contribution in [2.45, 2.75) is 32.9 Å². The van der Waals surface area contributed by atoms with Crippen molar-refractivity contribution in [1.82, 2.24) is 9.78 Å². The van der Waals surface area contributed by atoms with E-state index in [0.29, 0.717) is 16.8 Å². The molecule has 1 amide bonds. The minimum atomic E-state index is -4.55. The highest BCUT2D eigenvalue weighted by molar-refractivity contribution is 5.95. The van der Waals surface area contributed by atoms with Crippen LogP contribution in [-0.4, -0.2) is 21.9 Å². The zero-order valence-corrected chi connectivity index (χ0v) is 17.7. The van der Waals surface area contributed by atoms with Crippen molar-refractivity contribution in [2.24, 2.45) is 12.5 Å². The first kappa shape index (κ1) is 23.4. The van der Waals surface area contributed by atoms with E-state index in [1.165, 1.54) is 41.1 Å². The van der Waals surface area contributed by atoms with Gasteiger partial charge in [0.1, 0.15) is 17.5 Å². The Kier molecular flexibility index (Phi) is 6.39. The van der Waals surface area contributed by atoms with E-state index in [0.717, 1.165) is 19.4 Å². The molecule has 32 heavy (non-hydrogen) atoms. The third-order valence-electron chi connectivity index (χ3n) is 5.17. The number of hydrogen-bond donors (Lipinski definition) is 1. The van der Waals surface area contributed by atoms with E-state index in [2.05, 4.69) is 10.4 Å². The van der Waals surface area contributed by atoms with E-state index >= 15 is 0 Å². The standard InChI is InChI=1S/C23H22F5N3O/c1-22(2,23(26,27)28)13-19(32)29-21-20(15-6-10-17(25)11-7-15)18(30-31(21)3)12-14-4-8-16(24)9-5-14/h4-11H,12-13H2,1-3H3,(H,29,32). The minimum Gasteiger partial charge on any atom is -0.310 e. The Bertz CT molecular complexity index is 1100. The molecule has 0 spiro atoms. The summed E-state index contributed by atoms with van der Waals surface area (Å²) in [6, 6.07) is 11.2. The first-order valence-electron chi connectivity index (χ1n) is 9.80. The molecular weight excluding hydrogens is 429 g/mol. The lowest BCUT2D eigenvalue weighted by atomic mass is 9.88. The van der Waals surface area contributed by atoms with Gasteiger partial charge in [-0.25, -0.2) is 8.78 Å². The second kappa shape index (κ2) is 8.72. The van der Waals surface area contributed by atoms with E-state index in [-0.39, 0.29) is 12.2 Å². The van der Waals surface area contributed by atoms with Crippen molar-refractivity contribution in [1.29, 1.82) is 0 Å². The molecule has 1 aromatic heterocycles. The van der Waals surface area contributed by atoms with Gasteiger partial charge in [0.2, 0.25) is 5.91 Å². The number of hydrogen-bond acceptors (Lipinski definition) is 2. The molecule has 0 atom stereocenters. The summed E-state index contributed by atoms with van der Waals surface area (Å²) in [4.78, 5) is 12.5. The first-order chi connectivity index (χ1) is 14.9. The first-order valence-corrected chi connectivity index (χ1v) is 9.80. The molecule has 0 saturated heterocycles. The fourth-order valence-electron chi connectivity index (χ4n) is 3.24. The maximum Gasteiger partial charge on any atom is 0.394 e. The zero-order valence-electron chi connectivity index (χ0n) is 17.7. The molecule has 4 nitrogen and oxygen atoms in total. The molecule has 1 N–H and O–H groups in total. The van der Waals surface area contributed by atoms with Gasteiger partial charge in [0, 0.05) is 25.5 Å². The number of carbonyl (C=O) groups is 1. The number of aromatic nitrogens is 2. The number of anilines is 1. The second-order valence-corrected chi connectivity index (χ2v) is 8.21. The largest absolute Gasteiger partial charge is 0.394 e. The van der Waals surface area contributed by atoms with Crippen molar-refractivity contribution >= 4 is 11.7 Å². The number of carbonyl (C=O) groups excluding carboxylic acids is 1. The minimum absolute atomic E-state index is 0.191. The smallest absolute Gasteiger partial charge is 0.310 e. The van der Waals surface area contributed by atoms with Crippen LogP contribution in [0.15, 0.2) is 48.5 Å². The van der Waals surface area contributed by atoms with Gasteiger partial charge in [0.05, 0.1) is 11.1 Å². The summed E-state index contributed by atoms with van der Waals surface area (Å²) in [5.74, 6) is -1.49. The number of amides is 1. The van der Waals surface area contributed by atoms with Crippen LogP contribution in [0.1, 0.15) is 31.5 Å². The van der Waals surface area contributed by atoms with Gasteiger partial charge < -0.3 is 5.32 Å². The molecule has 2 aromatic carbocycles. The molecule has 3 rings (SSSR count). The van der Waals surface area contributed by atoms with Crippen molar-refractivity contribution in [2.75, 3.05) is 5.32 Å². The normalized spacial score (nSPS) is 12.1. The Hall–Kier alpha value is -3.23. The van der Waals surface area contributed by atoms with Gasteiger partial charge in [-0.15, -0.1) is 0 Å². The van der Waals surface area contributed by atoms with Gasteiger partial charge in [-0.2, -0.15) is 18.3 Å². The molecule has 1 heterocycles. The van der Waals surface area contributed by atoms with E-state index in [4.69, 9.17) is 0 Å². The molecule has 0 aliphatic rings. The highest BCUT2D eigenvalue weighted by atomic mass is 19.4. The van der Waals surface area contributed by atoms with Crippen LogP contribution in [0.5, 0.6) is 0 Å². The fraction of sp³-hybridized carbons (Fsp3) is 0.304. The van der Waals surface area contributed by atoms with Crippen LogP contribution in [0.4, 0.5) is 27.8 Å². The monoisotopic (exact) mass is 451 g/mol. The number of benzene rings is 2. The number of aryl methyl sites for hydroxylation is 1. The lowest BCUT2D eigenvalue weighted by molar-refractivity contribution is -0.213. The molecule has 0 bridgehead atoms. The average Bonchev–Trinajstić information content (AvgIpc) is 2.98. The summed E-state index contributed by atoms with van der Waals surface area (Å²) >= 11 is 0. The quantitative estimate of drug-likeness (QED) is 0.477. The summed E-state index contributed by atoms with van der Waals surface area (Å²) in [6.07, 6.45) is -5.06. The van der Waals surface area contributed by atoms with Gasteiger partial charge in [0.15, 0.2) is 0 Å². The fourth-order valence-corrected chi connectivity index (χ4v) is 3.24. The van der Waals surface area contributed by atoms with E-state index in [1.54, 1.807) is 19.2 Å². The third kappa shape index (κ3) is 5.15. The molecule has 0 unspecified atom stereocenters. The van der Waals surface area contributed by atoms with E-state index in [9.17, 15) is 26.7 Å². The molecular formula is C23H22F5N3O. The molecule has 0 saturated carbocycles. The number of alkyl halides is 3. The maximum atomic E-state index is 13.5. The summed E-state index contributed by atoms with van der Waals surface area (Å²) in [7, 11) is 1.55. The summed E-state index contributed by atoms with van der Waals surface area (Å²) in [5, 5.41) is 6.96. The van der Waals surface area contributed by atoms with Crippen LogP contribution < -0.4 is 5.32 Å². The van der Waals surface area contributed by atoms with Crippen LogP contribution >= 0.6 is 0 Å². The molecule has 9 heteroatoms.